The number of carbonyl (C=O) groups excluding carboxylic acids is 1. The van der Waals surface area contributed by atoms with Crippen LogP contribution < -0.4 is 0 Å². The molecule has 0 radical (unpaired) electrons. The van der Waals surface area contributed by atoms with Crippen LogP contribution in [0, 0.1) is 0 Å². The van der Waals surface area contributed by atoms with Gasteiger partial charge in [0.15, 0.2) is 6.29 Å². The molecular weight excluding hydrogens is 292 g/mol. The van der Waals surface area contributed by atoms with Crippen LogP contribution in [0.3, 0.4) is 0 Å². The van der Waals surface area contributed by atoms with Gasteiger partial charge in [-0.3, -0.25) is 4.79 Å². The van der Waals surface area contributed by atoms with E-state index >= 15 is 0 Å². The van der Waals surface area contributed by atoms with Gasteiger partial charge in [0.25, 0.3) is 0 Å². The summed E-state index contributed by atoms with van der Waals surface area (Å²) in [5.41, 5.74) is 0.744. The molecule has 0 fully saturated rings. The molecule has 0 bridgehead atoms. The first kappa shape index (κ1) is 13.3. The molecule has 5 aromatic rings. The van der Waals surface area contributed by atoms with Gasteiger partial charge in [-0.1, -0.05) is 78.9 Å². The zero-order valence-corrected chi connectivity index (χ0v) is 13.0. The van der Waals surface area contributed by atoms with E-state index in [1.165, 1.54) is 32.3 Å². The van der Waals surface area contributed by atoms with E-state index in [9.17, 15) is 4.79 Å². The van der Waals surface area contributed by atoms with Crippen molar-refractivity contribution in [1.29, 1.82) is 0 Å². The quantitative estimate of drug-likeness (QED) is 0.270. The highest BCUT2D eigenvalue weighted by Gasteiger charge is 2.08. The Morgan fingerprint density at radius 2 is 1.00 bits per heavy atom. The summed E-state index contributed by atoms with van der Waals surface area (Å²) in [4.78, 5) is 11.3. The second-order valence-corrected chi connectivity index (χ2v) is 6.17. The van der Waals surface area contributed by atoms with Gasteiger partial charge >= 0.3 is 0 Å². The van der Waals surface area contributed by atoms with Crippen LogP contribution in [0.5, 0.6) is 0 Å². The maximum Gasteiger partial charge on any atom is 0.150 e. The van der Waals surface area contributed by atoms with E-state index in [0.717, 1.165) is 22.6 Å². The van der Waals surface area contributed by atoms with Gasteiger partial charge in [0.05, 0.1) is 0 Å². The average Bonchev–Trinajstić information content (AvgIpc) is 2.66. The molecule has 0 aromatic heterocycles. The Hall–Kier alpha value is -3.19. The molecule has 1 heteroatoms. The second-order valence-electron chi connectivity index (χ2n) is 6.17. The summed E-state index contributed by atoms with van der Waals surface area (Å²) in [6.07, 6.45) is 0.933. The van der Waals surface area contributed by atoms with E-state index in [0.29, 0.717) is 0 Å². The molecule has 112 valence electrons. The molecule has 0 aliphatic heterocycles. The number of hydrogen-bond donors (Lipinski definition) is 0. The zero-order chi connectivity index (χ0) is 16.1. The molecule has 0 N–H and O–H groups in total. The van der Waals surface area contributed by atoms with Crippen molar-refractivity contribution in [2.75, 3.05) is 0 Å². The third kappa shape index (κ3) is 1.73. The van der Waals surface area contributed by atoms with E-state index in [1.807, 2.05) is 12.1 Å². The van der Waals surface area contributed by atoms with E-state index in [2.05, 4.69) is 66.7 Å². The number of fused-ring (bicyclic) bond motifs is 7. The molecule has 0 unspecified atom stereocenters. The fourth-order valence-electron chi connectivity index (χ4n) is 3.80. The largest absolute Gasteiger partial charge is 0.298 e. The van der Waals surface area contributed by atoms with E-state index in [1.54, 1.807) is 0 Å². The molecule has 0 saturated carbocycles. The van der Waals surface area contributed by atoms with Crippen LogP contribution in [0.4, 0.5) is 0 Å². The molecule has 5 rings (SSSR count). The lowest BCUT2D eigenvalue weighted by atomic mass is 9.93. The Morgan fingerprint density at radius 1 is 0.458 bits per heavy atom. The van der Waals surface area contributed by atoms with Crippen molar-refractivity contribution in [3.8, 4) is 0 Å². The number of benzene rings is 5. The Balaban J connectivity index is 2.00. The lowest BCUT2D eigenvalue weighted by molar-refractivity contribution is 0.112. The fourth-order valence-corrected chi connectivity index (χ4v) is 3.80. The smallest absolute Gasteiger partial charge is 0.150 e. The van der Waals surface area contributed by atoms with Crippen LogP contribution in [-0.4, -0.2) is 6.29 Å². The average molecular weight is 306 g/mol. The Kier molecular flexibility index (Phi) is 2.71. The first-order valence-corrected chi connectivity index (χ1v) is 8.08. The minimum atomic E-state index is 0.744. The molecule has 0 spiro atoms. The first-order chi connectivity index (χ1) is 11.9. The Labute approximate surface area is 139 Å². The van der Waals surface area contributed by atoms with Crippen LogP contribution in [0.1, 0.15) is 10.4 Å². The molecule has 5 aromatic carbocycles. The van der Waals surface area contributed by atoms with Crippen molar-refractivity contribution in [3.63, 3.8) is 0 Å². The minimum Gasteiger partial charge on any atom is -0.298 e. The van der Waals surface area contributed by atoms with Gasteiger partial charge < -0.3 is 0 Å². The maximum absolute atomic E-state index is 11.3. The highest BCUT2D eigenvalue weighted by molar-refractivity contribution is 6.23. The van der Waals surface area contributed by atoms with Crippen LogP contribution in [-0.2, 0) is 0 Å². The molecule has 0 aliphatic rings. The third-order valence-corrected chi connectivity index (χ3v) is 4.94. The van der Waals surface area contributed by atoms with Crippen molar-refractivity contribution in [3.05, 3.63) is 84.4 Å². The summed E-state index contributed by atoms with van der Waals surface area (Å²) in [7, 11) is 0. The van der Waals surface area contributed by atoms with Gasteiger partial charge in [-0.05, 0) is 43.1 Å². The number of aldehydes is 1. The molecule has 24 heavy (non-hydrogen) atoms. The standard InChI is InChI=1S/C23H14O/c24-14-16-5-3-7-19-18(16)10-11-23-21-9-8-15-4-1-2-6-17(15)20(21)12-13-22(19)23/h1-14H. The molecular formula is C23H14O. The van der Waals surface area contributed by atoms with Crippen LogP contribution in [0.15, 0.2) is 78.9 Å². The highest BCUT2D eigenvalue weighted by Crippen LogP contribution is 2.35. The van der Waals surface area contributed by atoms with Crippen LogP contribution in [0.25, 0.3) is 43.1 Å². The van der Waals surface area contributed by atoms with E-state index < -0.39 is 0 Å². The van der Waals surface area contributed by atoms with Gasteiger partial charge in [-0.15, -0.1) is 0 Å². The summed E-state index contributed by atoms with van der Waals surface area (Å²) >= 11 is 0. The van der Waals surface area contributed by atoms with Crippen LogP contribution >= 0.6 is 0 Å². The lowest BCUT2D eigenvalue weighted by Gasteiger charge is -2.10. The van der Waals surface area contributed by atoms with Gasteiger partial charge in [0.1, 0.15) is 0 Å². The summed E-state index contributed by atoms with van der Waals surface area (Å²) in [5, 5.41) is 9.63. The molecule has 0 aliphatic carbocycles. The summed E-state index contributed by atoms with van der Waals surface area (Å²) < 4.78 is 0. The SMILES string of the molecule is O=Cc1cccc2c1ccc1c2ccc2c3ccccc3ccc21. The third-order valence-electron chi connectivity index (χ3n) is 4.94. The second kappa shape index (κ2) is 4.90. The van der Waals surface area contributed by atoms with Crippen LogP contribution in [0.2, 0.25) is 0 Å². The predicted molar refractivity (Wildman–Crippen MR) is 102 cm³/mol. The lowest BCUT2D eigenvalue weighted by Crippen LogP contribution is -1.86. The summed E-state index contributed by atoms with van der Waals surface area (Å²) in [6.45, 7) is 0. The Morgan fingerprint density at radius 3 is 1.75 bits per heavy atom. The molecule has 1 nitrogen and oxygen atoms in total. The fraction of sp³-hybridized carbons (Fsp3) is 0. The first-order valence-electron chi connectivity index (χ1n) is 8.08. The highest BCUT2D eigenvalue weighted by atomic mass is 16.1. The minimum absolute atomic E-state index is 0.744. The monoisotopic (exact) mass is 306 g/mol. The van der Waals surface area contributed by atoms with Crippen molar-refractivity contribution in [1.82, 2.24) is 0 Å². The molecule has 0 heterocycles. The van der Waals surface area contributed by atoms with Gasteiger partial charge in [0.2, 0.25) is 0 Å². The Bertz CT molecular complexity index is 1270. The van der Waals surface area contributed by atoms with Crippen molar-refractivity contribution < 1.29 is 4.79 Å². The van der Waals surface area contributed by atoms with Gasteiger partial charge in [-0.25, -0.2) is 0 Å². The number of hydrogen-bond acceptors (Lipinski definition) is 1. The number of rotatable bonds is 1. The molecule has 0 saturated heterocycles. The predicted octanol–water partition coefficient (Wildman–Crippen LogP) is 6.11. The summed E-state index contributed by atoms with van der Waals surface area (Å²) in [5.74, 6) is 0. The zero-order valence-electron chi connectivity index (χ0n) is 13.0. The van der Waals surface area contributed by atoms with Gasteiger partial charge in [0, 0.05) is 5.56 Å². The maximum atomic E-state index is 11.3. The topological polar surface area (TPSA) is 17.1 Å². The van der Waals surface area contributed by atoms with Crippen molar-refractivity contribution in [2.45, 2.75) is 0 Å². The van der Waals surface area contributed by atoms with E-state index in [-0.39, 0.29) is 0 Å². The normalized spacial score (nSPS) is 11.5. The van der Waals surface area contributed by atoms with Crippen molar-refractivity contribution >= 4 is 49.4 Å². The molecule has 0 amide bonds. The van der Waals surface area contributed by atoms with Crippen molar-refractivity contribution in [2.24, 2.45) is 0 Å². The summed E-state index contributed by atoms with van der Waals surface area (Å²) in [6, 6.07) is 27.4. The molecule has 0 atom stereocenters. The van der Waals surface area contributed by atoms with Gasteiger partial charge in [-0.2, -0.15) is 0 Å². The van der Waals surface area contributed by atoms with E-state index in [4.69, 9.17) is 0 Å². The number of carbonyl (C=O) groups is 1.